The fourth-order valence-electron chi connectivity index (χ4n) is 6.28. The van der Waals surface area contributed by atoms with Crippen molar-refractivity contribution < 1.29 is 26.3 Å². The summed E-state index contributed by atoms with van der Waals surface area (Å²) in [6.07, 6.45) is 2.88. The predicted molar refractivity (Wildman–Crippen MR) is 178 cm³/mol. The summed E-state index contributed by atoms with van der Waals surface area (Å²) in [4.78, 5) is 10.8. The van der Waals surface area contributed by atoms with Crippen molar-refractivity contribution in [2.75, 3.05) is 65.4 Å². The Morgan fingerprint density at radius 3 is 1.13 bits per heavy atom. The smallest absolute Gasteiger partial charge is 0.301 e. The summed E-state index contributed by atoms with van der Waals surface area (Å²) in [5.74, 6) is -3.48. The molecule has 6 rings (SSSR count). The van der Waals surface area contributed by atoms with Crippen molar-refractivity contribution in [1.29, 1.82) is 0 Å². The van der Waals surface area contributed by atoms with Gasteiger partial charge in [0.1, 0.15) is 6.17 Å². The summed E-state index contributed by atoms with van der Waals surface area (Å²) in [5, 5.41) is 0. The van der Waals surface area contributed by atoms with Gasteiger partial charge in [0.2, 0.25) is 0 Å². The number of hydrogen-bond acceptors (Lipinski definition) is 5. The minimum Gasteiger partial charge on any atom is -0.301 e. The van der Waals surface area contributed by atoms with E-state index in [0.29, 0.717) is 19.1 Å². The average Bonchev–Trinajstić information content (AvgIpc) is 3.25. The molecule has 1 spiro atoms. The second kappa shape index (κ2) is 17.9. The lowest BCUT2D eigenvalue weighted by Gasteiger charge is -2.42. The monoisotopic (exact) mass is 672 g/mol. The first kappa shape index (κ1) is 41.6. The Balaban J connectivity index is 0.000000202. The third-order valence-corrected chi connectivity index (χ3v) is 10.5. The summed E-state index contributed by atoms with van der Waals surface area (Å²) >= 11 is 0. The van der Waals surface area contributed by atoms with Gasteiger partial charge in [-0.25, -0.2) is 13.2 Å². The Hall–Kier alpha value is -0.620. The standard InChI is InChI=1S/C10H19N.C7H12F3N.C6H11F2N.C6H12FN.C6H13N/c1-9(2)11-7-6-10(8-11)4-3-5-10;1-5(2)11-3-6(4-11)7(8,9)10;1-5(2)9-3-6(7,8)4-9;1-5(2)8-3-6(7)4-8;1-6(2)7-4-3-5-7/h9H,3-8H2,1-2H3;5-6H,3-4H2,1-2H3;5H,3-4H2,1-2H3;5-6H,3-4H2,1-2H3;6H,3-5H2,1-2H3. The minimum absolute atomic E-state index is 0.0509. The summed E-state index contributed by atoms with van der Waals surface area (Å²) in [6, 6.07) is 2.60. The first-order chi connectivity index (χ1) is 21.1. The van der Waals surface area contributed by atoms with Gasteiger partial charge in [-0.3, -0.25) is 14.7 Å². The summed E-state index contributed by atoms with van der Waals surface area (Å²) < 4.78 is 72.0. The molecule has 0 atom stereocenters. The Bertz CT molecular complexity index is 837. The van der Waals surface area contributed by atoms with E-state index in [0.717, 1.165) is 17.5 Å². The summed E-state index contributed by atoms with van der Waals surface area (Å²) in [6.45, 7) is 28.0. The molecular weight excluding hydrogens is 604 g/mol. The van der Waals surface area contributed by atoms with Crippen LogP contribution in [0.3, 0.4) is 0 Å². The van der Waals surface area contributed by atoms with E-state index in [-0.39, 0.29) is 38.3 Å². The molecule has 0 bridgehead atoms. The van der Waals surface area contributed by atoms with Crippen LogP contribution in [0.15, 0.2) is 0 Å². The molecule has 0 unspecified atom stereocenters. The molecule has 5 aliphatic heterocycles. The van der Waals surface area contributed by atoms with E-state index in [1.165, 1.54) is 58.3 Å². The SMILES string of the molecule is CC(C)N1CC(C(F)(F)F)C1.CC(C)N1CC(F)(F)C1.CC(C)N1CC(F)C1.CC(C)N1CCC1.CC(C)N1CCC2(CCC2)C1. The molecule has 46 heavy (non-hydrogen) atoms. The molecule has 6 fully saturated rings. The van der Waals surface area contributed by atoms with Crippen LogP contribution in [0, 0.1) is 11.3 Å². The lowest BCUT2D eigenvalue weighted by molar-refractivity contribution is -0.212. The number of halogens is 6. The molecule has 5 heterocycles. The van der Waals surface area contributed by atoms with E-state index >= 15 is 0 Å². The predicted octanol–water partition coefficient (Wildman–Crippen LogP) is 7.65. The maximum Gasteiger partial charge on any atom is 0.394 e. The van der Waals surface area contributed by atoms with Crippen LogP contribution in [-0.2, 0) is 0 Å². The molecule has 0 amide bonds. The lowest BCUT2D eigenvalue weighted by atomic mass is 9.68. The van der Waals surface area contributed by atoms with Gasteiger partial charge in [0, 0.05) is 62.9 Å². The van der Waals surface area contributed by atoms with Gasteiger partial charge in [0.05, 0.1) is 19.0 Å². The van der Waals surface area contributed by atoms with E-state index in [9.17, 15) is 26.3 Å². The van der Waals surface area contributed by atoms with E-state index in [1.54, 1.807) is 4.90 Å². The van der Waals surface area contributed by atoms with Crippen LogP contribution in [0.2, 0.25) is 0 Å². The van der Waals surface area contributed by atoms with E-state index in [4.69, 9.17) is 0 Å². The highest BCUT2D eigenvalue weighted by atomic mass is 19.4. The van der Waals surface area contributed by atoms with Crippen LogP contribution < -0.4 is 0 Å². The van der Waals surface area contributed by atoms with Gasteiger partial charge in [-0.15, -0.1) is 0 Å². The molecule has 0 aromatic heterocycles. The van der Waals surface area contributed by atoms with Gasteiger partial charge in [-0.05, 0) is 120 Å². The molecule has 1 aliphatic carbocycles. The zero-order chi connectivity index (χ0) is 35.0. The van der Waals surface area contributed by atoms with Crippen LogP contribution in [-0.4, -0.2) is 138 Å². The Morgan fingerprint density at radius 1 is 0.522 bits per heavy atom. The molecular formula is C35H67F6N5. The van der Waals surface area contributed by atoms with Crippen molar-refractivity contribution in [1.82, 2.24) is 24.5 Å². The molecule has 1 saturated carbocycles. The van der Waals surface area contributed by atoms with Crippen molar-refractivity contribution in [3.8, 4) is 0 Å². The number of alkyl halides is 6. The van der Waals surface area contributed by atoms with E-state index in [1.807, 2.05) is 32.6 Å². The number of hydrogen-bond donors (Lipinski definition) is 0. The molecule has 5 nitrogen and oxygen atoms in total. The first-order valence-corrected chi connectivity index (χ1v) is 17.9. The molecule has 0 aromatic carbocycles. The molecule has 5 saturated heterocycles. The van der Waals surface area contributed by atoms with Crippen molar-refractivity contribution in [2.24, 2.45) is 11.3 Å². The lowest BCUT2D eigenvalue weighted by Crippen LogP contribution is -2.58. The third kappa shape index (κ3) is 13.4. The van der Waals surface area contributed by atoms with Crippen molar-refractivity contribution in [3.05, 3.63) is 0 Å². The zero-order valence-electron chi connectivity index (χ0n) is 30.7. The normalized spacial score (nSPS) is 25.2. The summed E-state index contributed by atoms with van der Waals surface area (Å²) in [5.41, 5.74) is 0.796. The highest BCUT2D eigenvalue weighted by molar-refractivity contribution is 4.96. The fourth-order valence-corrected chi connectivity index (χ4v) is 6.28. The maximum atomic E-state index is 12.1. The Morgan fingerprint density at radius 2 is 0.957 bits per heavy atom. The first-order valence-electron chi connectivity index (χ1n) is 17.9. The topological polar surface area (TPSA) is 16.2 Å². The average molecular weight is 672 g/mol. The van der Waals surface area contributed by atoms with Gasteiger partial charge in [-0.2, -0.15) is 13.2 Å². The van der Waals surface area contributed by atoms with Crippen LogP contribution in [0.5, 0.6) is 0 Å². The third-order valence-electron chi connectivity index (χ3n) is 10.5. The summed E-state index contributed by atoms with van der Waals surface area (Å²) in [7, 11) is 0. The van der Waals surface area contributed by atoms with Crippen molar-refractivity contribution in [2.45, 2.75) is 150 Å². The van der Waals surface area contributed by atoms with Crippen molar-refractivity contribution in [3.63, 3.8) is 0 Å². The number of nitrogens with zero attached hydrogens (tertiary/aromatic N) is 5. The fraction of sp³-hybridized carbons (Fsp3) is 1.00. The number of rotatable bonds is 5. The minimum atomic E-state index is -3.98. The van der Waals surface area contributed by atoms with Crippen LogP contribution in [0.4, 0.5) is 26.3 Å². The van der Waals surface area contributed by atoms with Gasteiger partial charge in [0.25, 0.3) is 5.92 Å². The second-order valence-corrected chi connectivity index (χ2v) is 15.9. The van der Waals surface area contributed by atoms with Gasteiger partial charge < -0.3 is 9.80 Å². The molecule has 0 aromatic rings. The zero-order valence-corrected chi connectivity index (χ0v) is 30.7. The van der Waals surface area contributed by atoms with Gasteiger partial charge in [0.15, 0.2) is 0 Å². The van der Waals surface area contributed by atoms with Crippen LogP contribution >= 0.6 is 0 Å². The Kier molecular flexibility index (Phi) is 16.1. The highest BCUT2D eigenvalue weighted by Crippen LogP contribution is 2.48. The second-order valence-electron chi connectivity index (χ2n) is 15.9. The van der Waals surface area contributed by atoms with Gasteiger partial charge >= 0.3 is 6.18 Å². The van der Waals surface area contributed by atoms with E-state index in [2.05, 4.69) is 56.2 Å². The molecule has 11 heteroatoms. The van der Waals surface area contributed by atoms with Crippen molar-refractivity contribution >= 4 is 0 Å². The molecule has 6 aliphatic rings. The van der Waals surface area contributed by atoms with Crippen LogP contribution in [0.25, 0.3) is 0 Å². The van der Waals surface area contributed by atoms with Gasteiger partial charge in [-0.1, -0.05) is 6.42 Å². The molecule has 274 valence electrons. The molecule has 0 N–H and O–H groups in total. The number of likely N-dealkylation sites (tertiary alicyclic amines) is 5. The van der Waals surface area contributed by atoms with E-state index < -0.39 is 24.2 Å². The molecule has 0 radical (unpaired) electrons. The quantitative estimate of drug-likeness (QED) is 0.279. The Labute approximate surface area is 277 Å². The maximum absolute atomic E-state index is 12.1. The van der Waals surface area contributed by atoms with Crippen LogP contribution in [0.1, 0.15) is 101 Å². The largest absolute Gasteiger partial charge is 0.394 e. The highest BCUT2D eigenvalue weighted by Gasteiger charge is 2.47.